The van der Waals surface area contributed by atoms with E-state index in [9.17, 15) is 9.90 Å². The second-order valence-electron chi connectivity index (χ2n) is 4.83. The number of ether oxygens (including phenoxy) is 1. The van der Waals surface area contributed by atoms with Crippen molar-refractivity contribution in [2.24, 2.45) is 5.92 Å². The molecule has 0 radical (unpaired) electrons. The van der Waals surface area contributed by atoms with Crippen molar-refractivity contribution in [3.63, 3.8) is 0 Å². The van der Waals surface area contributed by atoms with Gasteiger partial charge in [0.05, 0.1) is 23.9 Å². The van der Waals surface area contributed by atoms with Crippen LogP contribution in [0.1, 0.15) is 20.3 Å². The number of benzene rings is 1. The van der Waals surface area contributed by atoms with Gasteiger partial charge in [0.1, 0.15) is 5.75 Å². The molecule has 0 bridgehead atoms. The number of urea groups is 1. The van der Waals surface area contributed by atoms with E-state index >= 15 is 0 Å². The molecule has 0 fully saturated rings. The van der Waals surface area contributed by atoms with E-state index in [1.807, 2.05) is 13.8 Å². The van der Waals surface area contributed by atoms with Gasteiger partial charge in [-0.1, -0.05) is 25.4 Å². The van der Waals surface area contributed by atoms with Crippen molar-refractivity contribution in [1.82, 2.24) is 5.32 Å². The highest BCUT2D eigenvalue weighted by atomic mass is 35.5. The van der Waals surface area contributed by atoms with Crippen LogP contribution in [0, 0.1) is 5.92 Å². The Morgan fingerprint density at radius 1 is 1.45 bits per heavy atom. The summed E-state index contributed by atoms with van der Waals surface area (Å²) in [6.45, 7) is 4.26. The smallest absolute Gasteiger partial charge is 0.319 e. The van der Waals surface area contributed by atoms with Crippen LogP contribution in [0.15, 0.2) is 18.2 Å². The maximum absolute atomic E-state index is 11.7. The fourth-order valence-electron chi connectivity index (χ4n) is 1.56. The summed E-state index contributed by atoms with van der Waals surface area (Å²) in [5, 5.41) is 15.4. The van der Waals surface area contributed by atoms with Crippen LogP contribution in [-0.2, 0) is 0 Å². The van der Waals surface area contributed by atoms with Gasteiger partial charge in [-0.3, -0.25) is 0 Å². The molecule has 2 amide bonds. The number of aliphatic hydroxyl groups excluding tert-OH is 1. The maximum Gasteiger partial charge on any atom is 0.319 e. The highest BCUT2D eigenvalue weighted by Crippen LogP contribution is 2.26. The molecule has 0 saturated heterocycles. The molecule has 1 atom stereocenters. The number of aliphatic hydroxyl groups is 1. The van der Waals surface area contributed by atoms with Gasteiger partial charge in [-0.05, 0) is 24.5 Å². The topological polar surface area (TPSA) is 70.6 Å². The third kappa shape index (κ3) is 5.27. The van der Waals surface area contributed by atoms with E-state index in [1.54, 1.807) is 25.3 Å². The van der Waals surface area contributed by atoms with Crippen LogP contribution in [0.25, 0.3) is 0 Å². The SMILES string of the molecule is COc1ccc(Cl)c(NC(=O)NCCC(O)C(C)C)c1. The van der Waals surface area contributed by atoms with Gasteiger partial charge in [-0.25, -0.2) is 4.79 Å². The molecule has 1 unspecified atom stereocenters. The van der Waals surface area contributed by atoms with Crippen molar-refractivity contribution < 1.29 is 14.6 Å². The molecule has 5 nitrogen and oxygen atoms in total. The summed E-state index contributed by atoms with van der Waals surface area (Å²) < 4.78 is 5.07. The maximum atomic E-state index is 11.7. The lowest BCUT2D eigenvalue weighted by Gasteiger charge is -2.15. The van der Waals surface area contributed by atoms with Crippen LogP contribution in [0.3, 0.4) is 0 Å². The molecular weight excluding hydrogens is 280 g/mol. The number of methoxy groups -OCH3 is 1. The number of hydrogen-bond acceptors (Lipinski definition) is 3. The molecule has 1 rings (SSSR count). The van der Waals surface area contributed by atoms with E-state index < -0.39 is 6.10 Å². The zero-order chi connectivity index (χ0) is 15.1. The van der Waals surface area contributed by atoms with E-state index in [1.165, 1.54) is 0 Å². The highest BCUT2D eigenvalue weighted by Gasteiger charge is 2.10. The standard InChI is InChI=1S/C14H21ClN2O3/c1-9(2)13(18)6-7-16-14(19)17-12-8-10(20-3)4-5-11(12)15/h4-5,8-9,13,18H,6-7H2,1-3H3,(H2,16,17,19). The first-order chi connectivity index (χ1) is 9.43. The number of rotatable bonds is 6. The third-order valence-electron chi connectivity index (χ3n) is 2.92. The molecule has 1 aromatic rings. The lowest BCUT2D eigenvalue weighted by atomic mass is 10.0. The second kappa shape index (κ2) is 7.97. The summed E-state index contributed by atoms with van der Waals surface area (Å²) in [6.07, 6.45) is 0.0902. The Balaban J connectivity index is 2.46. The third-order valence-corrected chi connectivity index (χ3v) is 3.25. The van der Waals surface area contributed by atoms with Crippen molar-refractivity contribution in [1.29, 1.82) is 0 Å². The summed E-state index contributed by atoms with van der Waals surface area (Å²) in [4.78, 5) is 11.7. The van der Waals surface area contributed by atoms with E-state index in [2.05, 4.69) is 10.6 Å². The van der Waals surface area contributed by atoms with E-state index in [-0.39, 0.29) is 11.9 Å². The van der Waals surface area contributed by atoms with Crippen molar-refractivity contribution in [3.05, 3.63) is 23.2 Å². The monoisotopic (exact) mass is 300 g/mol. The number of nitrogens with one attached hydrogen (secondary N) is 2. The number of amides is 2. The van der Waals surface area contributed by atoms with Gasteiger partial charge in [-0.15, -0.1) is 0 Å². The number of carbonyl (C=O) groups excluding carboxylic acids is 1. The zero-order valence-corrected chi connectivity index (χ0v) is 12.7. The molecule has 6 heteroatoms. The molecule has 0 aromatic heterocycles. The lowest BCUT2D eigenvalue weighted by molar-refractivity contribution is 0.117. The lowest BCUT2D eigenvalue weighted by Crippen LogP contribution is -2.32. The Kier molecular flexibility index (Phi) is 6.61. The number of halogens is 1. The van der Waals surface area contributed by atoms with Crippen LogP contribution in [0.2, 0.25) is 5.02 Å². The molecule has 20 heavy (non-hydrogen) atoms. The highest BCUT2D eigenvalue weighted by molar-refractivity contribution is 6.33. The van der Waals surface area contributed by atoms with E-state index in [0.717, 1.165) is 0 Å². The second-order valence-corrected chi connectivity index (χ2v) is 5.23. The first kappa shape index (κ1) is 16.6. The molecular formula is C14H21ClN2O3. The number of carbonyl (C=O) groups is 1. The van der Waals surface area contributed by atoms with Crippen LogP contribution >= 0.6 is 11.6 Å². The van der Waals surface area contributed by atoms with Gasteiger partial charge < -0.3 is 20.5 Å². The Morgan fingerprint density at radius 2 is 2.15 bits per heavy atom. The van der Waals surface area contributed by atoms with Crippen molar-refractivity contribution in [2.75, 3.05) is 19.0 Å². The van der Waals surface area contributed by atoms with Crippen LogP contribution in [0.4, 0.5) is 10.5 Å². The van der Waals surface area contributed by atoms with E-state index in [0.29, 0.717) is 29.4 Å². The summed E-state index contributed by atoms with van der Waals surface area (Å²) in [6, 6.07) is 4.64. The molecule has 0 aliphatic rings. The molecule has 3 N–H and O–H groups in total. The molecule has 0 saturated carbocycles. The fourth-order valence-corrected chi connectivity index (χ4v) is 1.73. The summed E-state index contributed by atoms with van der Waals surface area (Å²) in [5.74, 6) is 0.785. The van der Waals surface area contributed by atoms with Gasteiger partial charge in [0, 0.05) is 12.6 Å². The molecule has 0 aliphatic carbocycles. The first-order valence-electron chi connectivity index (χ1n) is 6.50. The Bertz CT molecular complexity index is 452. The Hall–Kier alpha value is -1.46. The molecule has 0 heterocycles. The minimum Gasteiger partial charge on any atom is -0.497 e. The largest absolute Gasteiger partial charge is 0.497 e. The van der Waals surface area contributed by atoms with Crippen molar-refractivity contribution in [3.8, 4) is 5.75 Å². The van der Waals surface area contributed by atoms with Gasteiger partial charge in [0.2, 0.25) is 0 Å². The summed E-state index contributed by atoms with van der Waals surface area (Å²) >= 11 is 5.99. The summed E-state index contributed by atoms with van der Waals surface area (Å²) in [5.41, 5.74) is 0.480. The molecule has 0 spiro atoms. The quantitative estimate of drug-likeness (QED) is 0.756. The normalized spacial score (nSPS) is 12.1. The molecule has 0 aliphatic heterocycles. The predicted molar refractivity (Wildman–Crippen MR) is 80.5 cm³/mol. The first-order valence-corrected chi connectivity index (χ1v) is 6.88. The predicted octanol–water partition coefficient (Wildman–Crippen LogP) is 2.88. The Morgan fingerprint density at radius 3 is 2.75 bits per heavy atom. The van der Waals surface area contributed by atoms with Gasteiger partial charge in [0.25, 0.3) is 0 Å². The van der Waals surface area contributed by atoms with Crippen molar-refractivity contribution in [2.45, 2.75) is 26.4 Å². The number of hydrogen-bond donors (Lipinski definition) is 3. The Labute approximate surface area is 124 Å². The van der Waals surface area contributed by atoms with Gasteiger partial charge in [0.15, 0.2) is 0 Å². The fraction of sp³-hybridized carbons (Fsp3) is 0.500. The van der Waals surface area contributed by atoms with Crippen molar-refractivity contribution >= 4 is 23.3 Å². The minimum absolute atomic E-state index is 0.174. The van der Waals surface area contributed by atoms with Crippen LogP contribution in [-0.4, -0.2) is 30.9 Å². The van der Waals surface area contributed by atoms with Gasteiger partial charge in [-0.2, -0.15) is 0 Å². The zero-order valence-electron chi connectivity index (χ0n) is 11.9. The summed E-state index contributed by atoms with van der Waals surface area (Å²) in [7, 11) is 1.54. The number of anilines is 1. The minimum atomic E-state index is -0.421. The van der Waals surface area contributed by atoms with Crippen LogP contribution in [0.5, 0.6) is 5.75 Å². The molecule has 112 valence electrons. The average Bonchev–Trinajstić information content (AvgIpc) is 2.41. The van der Waals surface area contributed by atoms with E-state index in [4.69, 9.17) is 16.3 Å². The van der Waals surface area contributed by atoms with Gasteiger partial charge >= 0.3 is 6.03 Å². The van der Waals surface area contributed by atoms with Crippen LogP contribution < -0.4 is 15.4 Å². The average molecular weight is 301 g/mol. The molecule has 1 aromatic carbocycles.